The van der Waals surface area contributed by atoms with Crippen molar-refractivity contribution in [2.75, 3.05) is 5.73 Å². The first-order valence-electron chi connectivity index (χ1n) is 5.18. The Morgan fingerprint density at radius 3 is 3.07 bits per heavy atom. The van der Waals surface area contributed by atoms with E-state index in [1.807, 2.05) is 12.1 Å². The SMILES string of the molecule is Nc1cc(CC(=O)C2=CCCC2)ccn1. The Bertz CT molecular complexity index is 410. The standard InChI is InChI=1S/C12H14N2O/c13-12-8-9(5-6-14-12)7-11(15)10-3-1-2-4-10/h3,5-6,8H,1-2,4,7H2,(H2,13,14). The van der Waals surface area contributed by atoms with Crippen LogP contribution in [0.15, 0.2) is 30.0 Å². The Balaban J connectivity index is 2.05. The normalized spacial score (nSPS) is 15.1. The third kappa shape index (κ3) is 2.43. The molecule has 78 valence electrons. The van der Waals surface area contributed by atoms with Crippen LogP contribution in [0.1, 0.15) is 24.8 Å². The predicted molar refractivity (Wildman–Crippen MR) is 59.3 cm³/mol. The van der Waals surface area contributed by atoms with Crippen molar-refractivity contribution in [2.24, 2.45) is 0 Å². The van der Waals surface area contributed by atoms with Crippen molar-refractivity contribution < 1.29 is 4.79 Å². The lowest BCUT2D eigenvalue weighted by atomic mass is 10.0. The Hall–Kier alpha value is -1.64. The number of Topliss-reactive ketones (excluding diaryl/α,β-unsaturated/α-hetero) is 1. The van der Waals surface area contributed by atoms with Crippen LogP contribution < -0.4 is 5.73 Å². The molecular formula is C12H14N2O. The molecule has 2 N–H and O–H groups in total. The molecule has 0 radical (unpaired) electrons. The summed E-state index contributed by atoms with van der Waals surface area (Å²) in [4.78, 5) is 15.7. The van der Waals surface area contributed by atoms with Crippen molar-refractivity contribution in [3.63, 3.8) is 0 Å². The zero-order valence-corrected chi connectivity index (χ0v) is 8.57. The highest BCUT2D eigenvalue weighted by atomic mass is 16.1. The Kier molecular flexibility index (Phi) is 2.81. The molecule has 1 aliphatic rings. The van der Waals surface area contributed by atoms with Gasteiger partial charge in [-0.05, 0) is 42.5 Å². The van der Waals surface area contributed by atoms with Crippen molar-refractivity contribution in [1.82, 2.24) is 4.98 Å². The molecule has 1 aromatic rings. The van der Waals surface area contributed by atoms with E-state index in [1.54, 1.807) is 12.3 Å². The highest BCUT2D eigenvalue weighted by molar-refractivity contribution is 5.97. The summed E-state index contributed by atoms with van der Waals surface area (Å²) in [5.41, 5.74) is 7.47. The van der Waals surface area contributed by atoms with Gasteiger partial charge in [-0.2, -0.15) is 0 Å². The van der Waals surface area contributed by atoms with E-state index >= 15 is 0 Å². The van der Waals surface area contributed by atoms with Crippen molar-refractivity contribution in [2.45, 2.75) is 25.7 Å². The average Bonchev–Trinajstić information content (AvgIpc) is 2.70. The van der Waals surface area contributed by atoms with Crippen LogP contribution in [-0.2, 0) is 11.2 Å². The van der Waals surface area contributed by atoms with Crippen LogP contribution in [-0.4, -0.2) is 10.8 Å². The third-order valence-electron chi connectivity index (χ3n) is 2.61. The molecule has 0 amide bonds. The number of allylic oxidation sites excluding steroid dienone is 2. The Morgan fingerprint density at radius 1 is 1.53 bits per heavy atom. The molecule has 0 bridgehead atoms. The molecule has 0 saturated heterocycles. The van der Waals surface area contributed by atoms with Gasteiger partial charge in [0, 0.05) is 12.6 Å². The van der Waals surface area contributed by atoms with Gasteiger partial charge in [0.1, 0.15) is 5.82 Å². The lowest BCUT2D eigenvalue weighted by molar-refractivity contribution is -0.115. The molecule has 0 aromatic carbocycles. The molecule has 3 heteroatoms. The maximum atomic E-state index is 11.8. The molecule has 0 spiro atoms. The van der Waals surface area contributed by atoms with E-state index in [0.29, 0.717) is 12.2 Å². The quantitative estimate of drug-likeness (QED) is 0.814. The molecule has 3 nitrogen and oxygen atoms in total. The molecule has 0 fully saturated rings. The second-order valence-corrected chi connectivity index (χ2v) is 3.81. The molecule has 1 heterocycles. The molecule has 1 aliphatic carbocycles. The van der Waals surface area contributed by atoms with Crippen molar-refractivity contribution in [3.05, 3.63) is 35.5 Å². The first kappa shape index (κ1) is 9.90. The van der Waals surface area contributed by atoms with E-state index in [4.69, 9.17) is 5.73 Å². The number of ketones is 1. The van der Waals surface area contributed by atoms with Gasteiger partial charge in [0.15, 0.2) is 5.78 Å². The number of rotatable bonds is 3. The summed E-state index contributed by atoms with van der Waals surface area (Å²) in [6, 6.07) is 3.59. The van der Waals surface area contributed by atoms with E-state index < -0.39 is 0 Å². The molecule has 0 saturated carbocycles. The first-order valence-corrected chi connectivity index (χ1v) is 5.18. The Morgan fingerprint density at radius 2 is 2.40 bits per heavy atom. The van der Waals surface area contributed by atoms with Crippen LogP contribution in [0.3, 0.4) is 0 Å². The number of carbonyl (C=O) groups excluding carboxylic acids is 1. The van der Waals surface area contributed by atoms with Gasteiger partial charge in [0.05, 0.1) is 0 Å². The highest BCUT2D eigenvalue weighted by Gasteiger charge is 2.13. The summed E-state index contributed by atoms with van der Waals surface area (Å²) in [7, 11) is 0. The van der Waals surface area contributed by atoms with E-state index in [1.165, 1.54) is 0 Å². The van der Waals surface area contributed by atoms with E-state index in [9.17, 15) is 4.79 Å². The van der Waals surface area contributed by atoms with Crippen LogP contribution in [0.2, 0.25) is 0 Å². The second-order valence-electron chi connectivity index (χ2n) is 3.81. The molecule has 1 aromatic heterocycles. The summed E-state index contributed by atoms with van der Waals surface area (Å²) < 4.78 is 0. The van der Waals surface area contributed by atoms with Crippen molar-refractivity contribution in [1.29, 1.82) is 0 Å². The van der Waals surface area contributed by atoms with Gasteiger partial charge in [-0.25, -0.2) is 4.98 Å². The number of hydrogen-bond donors (Lipinski definition) is 1. The summed E-state index contributed by atoms with van der Waals surface area (Å²) >= 11 is 0. The molecule has 2 rings (SSSR count). The number of pyridine rings is 1. The summed E-state index contributed by atoms with van der Waals surface area (Å²) in [6.07, 6.45) is 7.21. The van der Waals surface area contributed by atoms with E-state index in [2.05, 4.69) is 4.98 Å². The Labute approximate surface area is 89.0 Å². The van der Waals surface area contributed by atoms with Crippen LogP contribution in [0.25, 0.3) is 0 Å². The van der Waals surface area contributed by atoms with Crippen LogP contribution in [0.4, 0.5) is 5.82 Å². The fraction of sp³-hybridized carbons (Fsp3) is 0.333. The lowest BCUT2D eigenvalue weighted by Crippen LogP contribution is -2.05. The smallest absolute Gasteiger partial charge is 0.162 e. The summed E-state index contributed by atoms with van der Waals surface area (Å²) in [6.45, 7) is 0. The molecule has 15 heavy (non-hydrogen) atoms. The van der Waals surface area contributed by atoms with Gasteiger partial charge in [-0.15, -0.1) is 0 Å². The number of carbonyl (C=O) groups is 1. The first-order chi connectivity index (χ1) is 7.25. The number of nitrogens with two attached hydrogens (primary N) is 1. The van der Waals surface area contributed by atoms with Gasteiger partial charge >= 0.3 is 0 Å². The van der Waals surface area contributed by atoms with Crippen LogP contribution in [0, 0.1) is 0 Å². The largest absolute Gasteiger partial charge is 0.384 e. The van der Waals surface area contributed by atoms with Gasteiger partial charge in [0.2, 0.25) is 0 Å². The number of hydrogen-bond acceptors (Lipinski definition) is 3. The molecular weight excluding hydrogens is 188 g/mol. The predicted octanol–water partition coefficient (Wildman–Crippen LogP) is 1.89. The minimum Gasteiger partial charge on any atom is -0.384 e. The topological polar surface area (TPSA) is 56.0 Å². The zero-order chi connectivity index (χ0) is 10.7. The molecule has 0 unspecified atom stereocenters. The monoisotopic (exact) mass is 202 g/mol. The number of anilines is 1. The maximum absolute atomic E-state index is 11.8. The highest BCUT2D eigenvalue weighted by Crippen LogP contribution is 2.20. The number of aromatic nitrogens is 1. The van der Waals surface area contributed by atoms with Gasteiger partial charge < -0.3 is 5.73 Å². The zero-order valence-electron chi connectivity index (χ0n) is 8.57. The van der Waals surface area contributed by atoms with Crippen LogP contribution >= 0.6 is 0 Å². The van der Waals surface area contributed by atoms with E-state index in [0.717, 1.165) is 30.4 Å². The second kappa shape index (κ2) is 4.26. The fourth-order valence-electron chi connectivity index (χ4n) is 1.83. The average molecular weight is 202 g/mol. The number of nitrogen functional groups attached to an aromatic ring is 1. The molecule has 0 atom stereocenters. The van der Waals surface area contributed by atoms with E-state index in [-0.39, 0.29) is 5.78 Å². The minimum atomic E-state index is 0.220. The van der Waals surface area contributed by atoms with Crippen LogP contribution in [0.5, 0.6) is 0 Å². The maximum Gasteiger partial charge on any atom is 0.162 e. The lowest BCUT2D eigenvalue weighted by Gasteiger charge is -2.02. The summed E-state index contributed by atoms with van der Waals surface area (Å²) in [5, 5.41) is 0. The van der Waals surface area contributed by atoms with Gasteiger partial charge in [-0.3, -0.25) is 4.79 Å². The number of nitrogens with zero attached hydrogens (tertiary/aromatic N) is 1. The summed E-state index contributed by atoms with van der Waals surface area (Å²) in [5.74, 6) is 0.693. The molecule has 0 aliphatic heterocycles. The van der Waals surface area contributed by atoms with Gasteiger partial charge in [0.25, 0.3) is 0 Å². The van der Waals surface area contributed by atoms with Crippen molar-refractivity contribution in [3.8, 4) is 0 Å². The van der Waals surface area contributed by atoms with Gasteiger partial charge in [-0.1, -0.05) is 6.08 Å². The third-order valence-corrected chi connectivity index (χ3v) is 2.61. The minimum absolute atomic E-state index is 0.220. The fourth-order valence-corrected chi connectivity index (χ4v) is 1.83. The van der Waals surface area contributed by atoms with Crippen molar-refractivity contribution >= 4 is 11.6 Å².